The fraction of sp³-hybridized carbons (Fsp3) is 0.278. The molecule has 0 unspecified atom stereocenters. The number of carboxylic acid groups (broad SMARTS) is 1. The number of hydrogen-bond donors (Lipinski definition) is 1. The normalized spacial score (nSPS) is 12.2. The summed E-state index contributed by atoms with van der Waals surface area (Å²) in [4.78, 5) is 11.5. The average Bonchev–Trinajstić information content (AvgIpc) is 2.49. The van der Waals surface area contributed by atoms with Gasteiger partial charge >= 0.3 is 5.97 Å². The van der Waals surface area contributed by atoms with Gasteiger partial charge in [0.2, 0.25) is 0 Å². The topological polar surface area (TPSA) is 46.5 Å². The van der Waals surface area contributed by atoms with E-state index in [0.717, 1.165) is 15.6 Å². The van der Waals surface area contributed by atoms with Crippen molar-refractivity contribution in [2.75, 3.05) is 0 Å². The minimum absolute atomic E-state index is 0.276. The van der Waals surface area contributed by atoms with Gasteiger partial charge in [0, 0.05) is 10.9 Å². The van der Waals surface area contributed by atoms with Crippen LogP contribution in [0.5, 0.6) is 5.75 Å². The maximum absolute atomic E-state index is 11.5. The van der Waals surface area contributed by atoms with Crippen molar-refractivity contribution in [1.82, 2.24) is 0 Å². The maximum atomic E-state index is 11.5. The monoisotopic (exact) mass is 362 g/mol. The fourth-order valence-electron chi connectivity index (χ4n) is 2.23. The minimum Gasteiger partial charge on any atom is -0.478 e. The van der Waals surface area contributed by atoms with Gasteiger partial charge in [-0.15, -0.1) is 0 Å². The second kappa shape index (κ2) is 7.45. The van der Waals surface area contributed by atoms with E-state index < -0.39 is 12.1 Å². The number of ether oxygens (including phenoxy) is 1. The molecule has 0 spiro atoms. The third-order valence-electron chi connectivity index (χ3n) is 3.42. The minimum atomic E-state index is -0.957. The van der Waals surface area contributed by atoms with Crippen molar-refractivity contribution in [2.45, 2.75) is 32.3 Å². The van der Waals surface area contributed by atoms with Crippen LogP contribution in [0.2, 0.25) is 0 Å². The lowest BCUT2D eigenvalue weighted by Crippen LogP contribution is -2.29. The van der Waals surface area contributed by atoms with Gasteiger partial charge in [-0.1, -0.05) is 60.1 Å². The van der Waals surface area contributed by atoms with Crippen molar-refractivity contribution >= 4 is 21.9 Å². The molecule has 0 bridgehead atoms. The molecule has 116 valence electrons. The van der Waals surface area contributed by atoms with Crippen LogP contribution in [0.4, 0.5) is 0 Å². The molecule has 0 aliphatic carbocycles. The molecule has 0 saturated heterocycles. The molecule has 2 aromatic rings. The van der Waals surface area contributed by atoms with Gasteiger partial charge in [0.15, 0.2) is 6.10 Å². The Labute approximate surface area is 139 Å². The Morgan fingerprint density at radius 3 is 2.36 bits per heavy atom. The molecular formula is C18H19BrO3. The number of aliphatic carboxylic acids is 1. The van der Waals surface area contributed by atoms with Crippen LogP contribution in [-0.4, -0.2) is 17.2 Å². The smallest absolute Gasteiger partial charge is 0.345 e. The van der Waals surface area contributed by atoms with Crippen LogP contribution >= 0.6 is 15.9 Å². The number of carboxylic acids is 1. The zero-order valence-electron chi connectivity index (χ0n) is 12.6. The van der Waals surface area contributed by atoms with Crippen molar-refractivity contribution < 1.29 is 14.6 Å². The first-order chi connectivity index (χ1) is 10.5. The molecule has 0 aromatic heterocycles. The van der Waals surface area contributed by atoms with E-state index in [1.165, 1.54) is 0 Å². The first kappa shape index (κ1) is 16.6. The molecule has 0 heterocycles. The maximum Gasteiger partial charge on any atom is 0.345 e. The van der Waals surface area contributed by atoms with Crippen molar-refractivity contribution in [1.29, 1.82) is 0 Å². The number of rotatable bonds is 6. The predicted molar refractivity (Wildman–Crippen MR) is 90.4 cm³/mol. The van der Waals surface area contributed by atoms with Crippen LogP contribution < -0.4 is 4.74 Å². The Morgan fingerprint density at radius 1 is 1.14 bits per heavy atom. The third-order valence-corrected chi connectivity index (χ3v) is 3.95. The Hall–Kier alpha value is -1.81. The summed E-state index contributed by atoms with van der Waals surface area (Å²) >= 11 is 3.37. The SMILES string of the molecule is CC(C)c1ccccc1O[C@H](Cc1ccc(Br)cc1)C(=O)O. The highest BCUT2D eigenvalue weighted by Crippen LogP contribution is 2.27. The highest BCUT2D eigenvalue weighted by atomic mass is 79.9. The van der Waals surface area contributed by atoms with E-state index in [1.807, 2.05) is 48.5 Å². The highest BCUT2D eigenvalue weighted by molar-refractivity contribution is 9.10. The van der Waals surface area contributed by atoms with Gasteiger partial charge < -0.3 is 9.84 Å². The average molecular weight is 363 g/mol. The summed E-state index contributed by atoms with van der Waals surface area (Å²) in [5.41, 5.74) is 1.95. The second-order valence-electron chi connectivity index (χ2n) is 5.47. The Bertz CT molecular complexity index is 635. The Morgan fingerprint density at radius 2 is 1.77 bits per heavy atom. The van der Waals surface area contributed by atoms with Gasteiger partial charge in [-0.3, -0.25) is 0 Å². The van der Waals surface area contributed by atoms with Gasteiger partial charge in [-0.05, 0) is 35.2 Å². The molecular weight excluding hydrogens is 344 g/mol. The molecule has 0 aliphatic rings. The molecule has 0 fully saturated rings. The Kier molecular flexibility index (Phi) is 5.61. The van der Waals surface area contributed by atoms with Crippen molar-refractivity contribution in [3.8, 4) is 5.75 Å². The fourth-order valence-corrected chi connectivity index (χ4v) is 2.50. The van der Waals surface area contributed by atoms with E-state index in [9.17, 15) is 9.90 Å². The summed E-state index contributed by atoms with van der Waals surface area (Å²) in [5, 5.41) is 9.45. The van der Waals surface area contributed by atoms with Crippen molar-refractivity contribution in [3.05, 3.63) is 64.1 Å². The first-order valence-electron chi connectivity index (χ1n) is 7.20. The molecule has 1 atom stereocenters. The Balaban J connectivity index is 2.19. The molecule has 0 aliphatic heterocycles. The zero-order chi connectivity index (χ0) is 16.1. The number of hydrogen-bond acceptors (Lipinski definition) is 2. The van der Waals surface area contributed by atoms with Crippen LogP contribution in [0.15, 0.2) is 53.0 Å². The third kappa shape index (κ3) is 4.34. The van der Waals surface area contributed by atoms with Gasteiger partial charge in [0.25, 0.3) is 0 Å². The standard InChI is InChI=1S/C18H19BrO3/c1-12(2)15-5-3-4-6-16(15)22-17(18(20)21)11-13-7-9-14(19)10-8-13/h3-10,12,17H,11H2,1-2H3,(H,20,21)/t17-/m1/s1. The predicted octanol–water partition coefficient (Wildman–Crippen LogP) is 4.65. The van der Waals surface area contributed by atoms with Gasteiger partial charge in [-0.2, -0.15) is 0 Å². The molecule has 22 heavy (non-hydrogen) atoms. The quantitative estimate of drug-likeness (QED) is 0.813. The van der Waals surface area contributed by atoms with Crippen molar-refractivity contribution in [3.63, 3.8) is 0 Å². The number of benzene rings is 2. The molecule has 3 nitrogen and oxygen atoms in total. The van der Waals surface area contributed by atoms with E-state index in [-0.39, 0.29) is 5.92 Å². The summed E-state index contributed by atoms with van der Waals surface area (Å²) in [7, 11) is 0. The van der Waals surface area contributed by atoms with Crippen LogP contribution in [0, 0.1) is 0 Å². The molecule has 0 amide bonds. The molecule has 4 heteroatoms. The lowest BCUT2D eigenvalue weighted by Gasteiger charge is -2.19. The first-order valence-corrected chi connectivity index (χ1v) is 7.99. The summed E-state index contributed by atoms with van der Waals surface area (Å²) in [6.45, 7) is 4.12. The molecule has 0 radical (unpaired) electrons. The summed E-state index contributed by atoms with van der Waals surface area (Å²) in [5.74, 6) is -0.0400. The zero-order valence-corrected chi connectivity index (χ0v) is 14.2. The van der Waals surface area contributed by atoms with E-state index in [1.54, 1.807) is 0 Å². The van der Waals surface area contributed by atoms with Crippen LogP contribution in [-0.2, 0) is 11.2 Å². The van der Waals surface area contributed by atoms with E-state index in [2.05, 4.69) is 29.8 Å². The van der Waals surface area contributed by atoms with E-state index >= 15 is 0 Å². The van der Waals surface area contributed by atoms with Gasteiger partial charge in [0.1, 0.15) is 5.75 Å². The molecule has 2 rings (SSSR count). The summed E-state index contributed by atoms with van der Waals surface area (Å²) in [6.07, 6.45) is -0.573. The van der Waals surface area contributed by atoms with Crippen LogP contribution in [0.3, 0.4) is 0 Å². The number of carbonyl (C=O) groups is 1. The van der Waals surface area contributed by atoms with Crippen LogP contribution in [0.1, 0.15) is 30.9 Å². The molecule has 1 N–H and O–H groups in total. The highest BCUT2D eigenvalue weighted by Gasteiger charge is 2.21. The van der Waals surface area contributed by atoms with E-state index in [4.69, 9.17) is 4.74 Å². The second-order valence-corrected chi connectivity index (χ2v) is 6.38. The molecule has 0 saturated carbocycles. The van der Waals surface area contributed by atoms with Gasteiger partial charge in [-0.25, -0.2) is 4.79 Å². The van der Waals surface area contributed by atoms with Crippen molar-refractivity contribution in [2.24, 2.45) is 0 Å². The number of para-hydroxylation sites is 1. The van der Waals surface area contributed by atoms with Crippen LogP contribution in [0.25, 0.3) is 0 Å². The summed E-state index contributed by atoms with van der Waals surface area (Å²) in [6, 6.07) is 15.2. The van der Waals surface area contributed by atoms with E-state index in [0.29, 0.717) is 12.2 Å². The van der Waals surface area contributed by atoms with Gasteiger partial charge in [0.05, 0.1) is 0 Å². The summed E-state index contributed by atoms with van der Waals surface area (Å²) < 4.78 is 6.76. The largest absolute Gasteiger partial charge is 0.478 e. The molecule has 2 aromatic carbocycles. The lowest BCUT2D eigenvalue weighted by molar-refractivity contribution is -0.145. The number of halogens is 1. The lowest BCUT2D eigenvalue weighted by atomic mass is 10.0.